The van der Waals surface area contributed by atoms with Crippen molar-refractivity contribution in [1.82, 2.24) is 0 Å². The average molecular weight is 272 g/mol. The molecular weight excluding hydrogens is 248 g/mol. The molecule has 0 saturated heterocycles. The summed E-state index contributed by atoms with van der Waals surface area (Å²) in [4.78, 5) is 21.8. The second-order valence-electron chi connectivity index (χ2n) is 5.77. The Kier molecular flexibility index (Phi) is 5.20. The van der Waals surface area contributed by atoms with Crippen molar-refractivity contribution in [2.75, 3.05) is 13.7 Å². The van der Waals surface area contributed by atoms with Crippen LogP contribution in [0.5, 0.6) is 0 Å². The number of hydrogen-bond acceptors (Lipinski definition) is 5. The van der Waals surface area contributed by atoms with Crippen molar-refractivity contribution in [2.24, 2.45) is 17.3 Å². The highest BCUT2D eigenvalue weighted by atomic mass is 16.7. The molecule has 1 aliphatic rings. The molecule has 0 amide bonds. The minimum absolute atomic E-state index is 0.0646. The Morgan fingerprint density at radius 2 is 2.00 bits per heavy atom. The summed E-state index contributed by atoms with van der Waals surface area (Å²) in [6, 6.07) is 0. The van der Waals surface area contributed by atoms with Gasteiger partial charge < -0.3 is 14.2 Å². The summed E-state index contributed by atoms with van der Waals surface area (Å²) >= 11 is 0. The standard InChI is InChI=1S/C14H24O5/c1-9(19-10(2)15)12-8-11(14(12,3)4)6-7-18-13(16)17-5/h9,11-12H,6-8H2,1-5H3/t9-,11-,12+/m0/s1. The van der Waals surface area contributed by atoms with Gasteiger partial charge in [-0.3, -0.25) is 4.79 Å². The van der Waals surface area contributed by atoms with E-state index < -0.39 is 6.16 Å². The first-order valence-corrected chi connectivity index (χ1v) is 6.67. The lowest BCUT2D eigenvalue weighted by Gasteiger charge is -2.54. The van der Waals surface area contributed by atoms with Gasteiger partial charge in [-0.25, -0.2) is 4.79 Å². The van der Waals surface area contributed by atoms with Gasteiger partial charge >= 0.3 is 12.1 Å². The minimum Gasteiger partial charge on any atom is -0.463 e. The van der Waals surface area contributed by atoms with Gasteiger partial charge in [-0.15, -0.1) is 0 Å². The van der Waals surface area contributed by atoms with Gasteiger partial charge in [0.15, 0.2) is 0 Å². The molecule has 0 aliphatic heterocycles. The smallest absolute Gasteiger partial charge is 0.463 e. The number of ether oxygens (including phenoxy) is 3. The summed E-state index contributed by atoms with van der Waals surface area (Å²) in [7, 11) is 1.30. The van der Waals surface area contributed by atoms with E-state index in [-0.39, 0.29) is 17.5 Å². The van der Waals surface area contributed by atoms with Crippen LogP contribution in [-0.4, -0.2) is 31.9 Å². The lowest BCUT2D eigenvalue weighted by atomic mass is 9.52. The Balaban J connectivity index is 2.37. The van der Waals surface area contributed by atoms with E-state index >= 15 is 0 Å². The summed E-state index contributed by atoms with van der Waals surface area (Å²) in [5.74, 6) is 0.598. The van der Waals surface area contributed by atoms with E-state index in [2.05, 4.69) is 18.6 Å². The number of carbonyl (C=O) groups excluding carboxylic acids is 2. The van der Waals surface area contributed by atoms with Crippen LogP contribution in [0.4, 0.5) is 4.79 Å². The lowest BCUT2D eigenvalue weighted by Crippen LogP contribution is -2.51. The van der Waals surface area contributed by atoms with Crippen LogP contribution in [0.15, 0.2) is 0 Å². The van der Waals surface area contributed by atoms with Crippen molar-refractivity contribution in [3.05, 3.63) is 0 Å². The van der Waals surface area contributed by atoms with Crippen LogP contribution in [0.25, 0.3) is 0 Å². The molecule has 0 aromatic rings. The molecule has 3 atom stereocenters. The third-order valence-corrected chi connectivity index (χ3v) is 4.32. The monoisotopic (exact) mass is 272 g/mol. The van der Waals surface area contributed by atoms with Gasteiger partial charge in [0.1, 0.15) is 6.10 Å². The quantitative estimate of drug-likeness (QED) is 0.720. The molecule has 0 bridgehead atoms. The number of hydrogen-bond donors (Lipinski definition) is 0. The molecular formula is C14H24O5. The van der Waals surface area contributed by atoms with Crippen LogP contribution in [0.1, 0.15) is 40.5 Å². The van der Waals surface area contributed by atoms with Crippen molar-refractivity contribution in [3.63, 3.8) is 0 Å². The predicted octanol–water partition coefficient (Wildman–Crippen LogP) is 2.77. The van der Waals surface area contributed by atoms with E-state index in [1.807, 2.05) is 6.92 Å². The molecule has 0 radical (unpaired) electrons. The first kappa shape index (κ1) is 15.8. The summed E-state index contributed by atoms with van der Waals surface area (Å²) < 4.78 is 14.6. The fourth-order valence-electron chi connectivity index (χ4n) is 3.03. The van der Waals surface area contributed by atoms with Crippen LogP contribution < -0.4 is 0 Å². The average Bonchev–Trinajstić information content (AvgIpc) is 2.31. The minimum atomic E-state index is -0.637. The van der Waals surface area contributed by atoms with E-state index in [9.17, 15) is 9.59 Å². The molecule has 0 N–H and O–H groups in total. The number of methoxy groups -OCH3 is 1. The van der Waals surface area contributed by atoms with Gasteiger partial charge in [0.2, 0.25) is 0 Å². The summed E-state index contributed by atoms with van der Waals surface area (Å²) in [5, 5.41) is 0. The third kappa shape index (κ3) is 3.85. The molecule has 110 valence electrons. The lowest BCUT2D eigenvalue weighted by molar-refractivity contribution is -0.162. The van der Waals surface area contributed by atoms with Crippen LogP contribution in [-0.2, 0) is 19.0 Å². The Hall–Kier alpha value is -1.26. The van der Waals surface area contributed by atoms with Gasteiger partial charge in [0.05, 0.1) is 13.7 Å². The molecule has 5 heteroatoms. The first-order chi connectivity index (χ1) is 8.78. The zero-order chi connectivity index (χ0) is 14.6. The molecule has 5 nitrogen and oxygen atoms in total. The first-order valence-electron chi connectivity index (χ1n) is 6.67. The summed E-state index contributed by atoms with van der Waals surface area (Å²) in [5.41, 5.74) is 0.0916. The van der Waals surface area contributed by atoms with Gasteiger partial charge in [-0.2, -0.15) is 0 Å². The third-order valence-electron chi connectivity index (χ3n) is 4.32. The van der Waals surface area contributed by atoms with E-state index in [0.29, 0.717) is 18.4 Å². The van der Waals surface area contributed by atoms with E-state index in [1.165, 1.54) is 14.0 Å². The SMILES string of the molecule is COC(=O)OCC[C@H]1C[C@H]([C@H](C)OC(C)=O)C1(C)C. The van der Waals surface area contributed by atoms with Crippen molar-refractivity contribution in [2.45, 2.75) is 46.6 Å². The summed E-state index contributed by atoms with van der Waals surface area (Å²) in [6.07, 6.45) is 1.10. The van der Waals surface area contributed by atoms with Crippen LogP contribution >= 0.6 is 0 Å². The second kappa shape index (κ2) is 6.26. The van der Waals surface area contributed by atoms with Gasteiger partial charge in [-0.1, -0.05) is 13.8 Å². The zero-order valence-corrected chi connectivity index (χ0v) is 12.4. The maximum atomic E-state index is 11.0. The Labute approximate surface area is 114 Å². The van der Waals surface area contributed by atoms with E-state index in [4.69, 9.17) is 9.47 Å². The molecule has 0 unspecified atom stereocenters. The molecule has 1 saturated carbocycles. The van der Waals surface area contributed by atoms with Crippen molar-refractivity contribution in [1.29, 1.82) is 0 Å². The maximum absolute atomic E-state index is 11.0. The zero-order valence-electron chi connectivity index (χ0n) is 12.4. The van der Waals surface area contributed by atoms with E-state index in [0.717, 1.165) is 12.8 Å². The van der Waals surface area contributed by atoms with Gasteiger partial charge in [0.25, 0.3) is 0 Å². The number of rotatable bonds is 5. The van der Waals surface area contributed by atoms with Crippen molar-refractivity contribution < 1.29 is 23.8 Å². The van der Waals surface area contributed by atoms with Gasteiger partial charge in [0, 0.05) is 12.8 Å². The van der Waals surface area contributed by atoms with E-state index in [1.54, 1.807) is 0 Å². The highest BCUT2D eigenvalue weighted by Crippen LogP contribution is 2.54. The molecule has 0 spiro atoms. The molecule has 1 fully saturated rings. The Morgan fingerprint density at radius 3 is 2.47 bits per heavy atom. The molecule has 1 aliphatic carbocycles. The highest BCUT2D eigenvalue weighted by Gasteiger charge is 2.50. The van der Waals surface area contributed by atoms with Crippen molar-refractivity contribution in [3.8, 4) is 0 Å². The van der Waals surface area contributed by atoms with Crippen molar-refractivity contribution >= 4 is 12.1 Å². The summed E-state index contributed by atoms with van der Waals surface area (Å²) in [6.45, 7) is 8.09. The number of esters is 1. The largest absolute Gasteiger partial charge is 0.507 e. The maximum Gasteiger partial charge on any atom is 0.507 e. The number of carbonyl (C=O) groups is 2. The molecule has 0 aromatic carbocycles. The highest BCUT2D eigenvalue weighted by molar-refractivity contribution is 5.66. The normalized spacial score (nSPS) is 25.9. The van der Waals surface area contributed by atoms with Gasteiger partial charge in [-0.05, 0) is 31.1 Å². The molecule has 0 heterocycles. The Bertz CT molecular complexity index is 337. The fraction of sp³-hybridized carbons (Fsp3) is 0.857. The Morgan fingerprint density at radius 1 is 1.37 bits per heavy atom. The molecule has 0 aromatic heterocycles. The topological polar surface area (TPSA) is 61.8 Å². The molecule has 1 rings (SSSR count). The molecule has 19 heavy (non-hydrogen) atoms. The van der Waals surface area contributed by atoms with Crippen LogP contribution in [0.3, 0.4) is 0 Å². The van der Waals surface area contributed by atoms with Crippen LogP contribution in [0.2, 0.25) is 0 Å². The predicted molar refractivity (Wildman–Crippen MR) is 69.6 cm³/mol. The fourth-order valence-corrected chi connectivity index (χ4v) is 3.03. The van der Waals surface area contributed by atoms with Crippen LogP contribution in [0, 0.1) is 17.3 Å². The second-order valence-corrected chi connectivity index (χ2v) is 5.77.